The first kappa shape index (κ1) is 59.5. The van der Waals surface area contributed by atoms with E-state index in [4.69, 9.17) is 28.4 Å². The molecule has 67 heavy (non-hydrogen) atoms. The smallest absolute Gasteiger partial charge is 0.310 e. The maximum absolute atomic E-state index is 12.9. The van der Waals surface area contributed by atoms with Crippen molar-refractivity contribution in [3.8, 4) is 0 Å². The molecule has 2 aliphatic heterocycles. The normalized spacial score (nSPS) is 27.2. The van der Waals surface area contributed by atoms with Crippen molar-refractivity contribution < 1.29 is 69.0 Å². The fraction of sp³-hybridized carbons (Fsp3) is 0.604. The van der Waals surface area contributed by atoms with Crippen molar-refractivity contribution in [1.29, 1.82) is 0 Å². The summed E-state index contributed by atoms with van der Waals surface area (Å²) in [5, 5.41) is 72.0. The van der Waals surface area contributed by atoms with Gasteiger partial charge in [0.25, 0.3) is 0 Å². The number of hydrogen-bond donors (Lipinski definition) is 7. The largest absolute Gasteiger partial charge is 0.457 e. The summed E-state index contributed by atoms with van der Waals surface area (Å²) in [4.78, 5) is 12.9. The van der Waals surface area contributed by atoms with Crippen molar-refractivity contribution in [2.24, 2.45) is 0 Å². The number of hydrogen-bond acceptors (Lipinski definition) is 14. The highest BCUT2D eigenvalue weighted by Crippen LogP contribution is 2.26. The summed E-state index contributed by atoms with van der Waals surface area (Å²) in [5.74, 6) is -0.525. The summed E-state index contributed by atoms with van der Waals surface area (Å²) in [6.07, 6.45) is 37.3. The molecule has 0 aliphatic carbocycles. The van der Waals surface area contributed by atoms with Crippen molar-refractivity contribution in [2.45, 2.75) is 171 Å². The van der Waals surface area contributed by atoms with Crippen LogP contribution in [0, 0.1) is 0 Å². The molecule has 2 heterocycles. The fourth-order valence-electron chi connectivity index (χ4n) is 6.62. The summed E-state index contributed by atoms with van der Waals surface area (Å²) >= 11 is 0. The third-order valence-corrected chi connectivity index (χ3v) is 10.5. The molecule has 11 unspecified atom stereocenters. The Morgan fingerprint density at radius 1 is 0.493 bits per heavy atom. The third kappa shape index (κ3) is 27.2. The highest BCUT2D eigenvalue weighted by atomic mass is 16.7. The Hall–Kier alpha value is -3.61. The van der Waals surface area contributed by atoms with Crippen LogP contribution >= 0.6 is 0 Å². The molecule has 0 bridgehead atoms. The number of carbonyl (C=O) groups excluding carboxylic acids is 1. The number of rotatable bonds is 35. The Balaban J connectivity index is 1.86. The zero-order valence-electron chi connectivity index (χ0n) is 39.8. The molecule has 11 atom stereocenters. The van der Waals surface area contributed by atoms with E-state index in [0.717, 1.165) is 77.0 Å². The molecular formula is C53H82O14. The summed E-state index contributed by atoms with van der Waals surface area (Å²) in [6, 6.07) is 0. The lowest BCUT2D eigenvalue weighted by Crippen LogP contribution is -2.61. The van der Waals surface area contributed by atoms with E-state index >= 15 is 0 Å². The Morgan fingerprint density at radius 3 is 1.39 bits per heavy atom. The summed E-state index contributed by atoms with van der Waals surface area (Å²) < 4.78 is 34.0. The topological polar surface area (TPSA) is 214 Å². The molecule has 14 nitrogen and oxygen atoms in total. The Bertz CT molecular complexity index is 1560. The predicted molar refractivity (Wildman–Crippen MR) is 260 cm³/mol. The van der Waals surface area contributed by atoms with Crippen LogP contribution in [-0.2, 0) is 33.2 Å². The first-order valence-corrected chi connectivity index (χ1v) is 24.1. The van der Waals surface area contributed by atoms with Crippen molar-refractivity contribution in [3.63, 3.8) is 0 Å². The first-order chi connectivity index (χ1) is 32.6. The molecule has 7 N–H and O–H groups in total. The average Bonchev–Trinajstić information content (AvgIpc) is 3.32. The van der Waals surface area contributed by atoms with E-state index in [1.54, 1.807) is 6.08 Å². The van der Waals surface area contributed by atoms with Gasteiger partial charge < -0.3 is 64.2 Å². The Morgan fingerprint density at radius 2 is 0.910 bits per heavy atom. The number of unbranched alkanes of at least 4 members (excludes halogenated alkanes) is 2. The van der Waals surface area contributed by atoms with Crippen molar-refractivity contribution in [3.05, 3.63) is 122 Å². The van der Waals surface area contributed by atoms with Gasteiger partial charge in [-0.25, -0.2) is 0 Å². The average molecular weight is 943 g/mol. The number of allylic oxidation sites excluding steroid dienone is 19. The number of aliphatic hydroxyl groups excluding tert-OH is 7. The molecule has 0 aromatic rings. The van der Waals surface area contributed by atoms with Gasteiger partial charge in [-0.05, 0) is 83.5 Å². The van der Waals surface area contributed by atoms with Gasteiger partial charge >= 0.3 is 5.97 Å². The van der Waals surface area contributed by atoms with Crippen molar-refractivity contribution in [1.82, 2.24) is 0 Å². The number of ether oxygens (including phenoxy) is 6. The highest BCUT2D eigenvalue weighted by Gasteiger charge is 2.47. The molecular weight excluding hydrogens is 861 g/mol. The van der Waals surface area contributed by atoms with Gasteiger partial charge in [-0.15, -0.1) is 0 Å². The Kier molecular flexibility index (Phi) is 34.9. The minimum absolute atomic E-state index is 0.00208. The van der Waals surface area contributed by atoms with E-state index in [1.165, 1.54) is 0 Å². The van der Waals surface area contributed by atoms with E-state index in [0.29, 0.717) is 13.0 Å². The van der Waals surface area contributed by atoms with Crippen LogP contribution in [0.5, 0.6) is 0 Å². The molecule has 2 saturated heterocycles. The molecule has 0 amide bonds. The van der Waals surface area contributed by atoms with Crippen molar-refractivity contribution >= 4 is 5.97 Å². The van der Waals surface area contributed by atoms with Crippen molar-refractivity contribution in [2.75, 3.05) is 33.0 Å². The van der Waals surface area contributed by atoms with E-state index in [-0.39, 0.29) is 19.6 Å². The molecule has 2 aliphatic rings. The standard InChI is InChI=1S/C53H82O14/c1-3-5-7-9-11-13-15-17-19-20-21-23-25-27-29-31-33-35-37-62-39-42(65-45(55)36-34-32-30-28-26-24-22-18-16-14-12-10-8-6-4-2)40-63-52-51(61)49(59)47(57)44(67-52)41-64-53-50(60)48(58)46(56)43(38-54)66-53/h5-8,11-14,17-19,21-23,26-29,32,34,42-44,46-54,56-61H,3-4,9-10,15-16,20,24-25,30-31,33,35-41H2,1-2H3/b7-5-,8-6-,13-11-,14-12-,19-17-,22-18-,23-21-,28-26-,29-27-,34-32-. The zero-order valence-corrected chi connectivity index (χ0v) is 39.8. The lowest BCUT2D eigenvalue weighted by atomic mass is 9.98. The van der Waals surface area contributed by atoms with Gasteiger partial charge in [0, 0.05) is 6.61 Å². The SMILES string of the molecule is CC/C=C\C/C=C\C/C=C\C/C=C\C/C=C\CCCCOCC(COC1OC(COC2OC(CO)C(O)C(O)C2O)C(O)C(O)C1O)OC(=O)C/C=C\C/C=C\C/C=C\C/C=C\C/C=C\CC. The van der Waals surface area contributed by atoms with E-state index < -0.39 is 86.7 Å². The van der Waals surface area contributed by atoms with E-state index in [1.807, 2.05) is 12.2 Å². The van der Waals surface area contributed by atoms with Gasteiger partial charge in [0.05, 0.1) is 32.8 Å². The van der Waals surface area contributed by atoms with Crippen LogP contribution in [0.25, 0.3) is 0 Å². The molecule has 0 radical (unpaired) electrons. The Labute approximate surface area is 399 Å². The monoisotopic (exact) mass is 943 g/mol. The van der Waals surface area contributed by atoms with Crippen LogP contribution in [0.15, 0.2) is 122 Å². The van der Waals surface area contributed by atoms with Gasteiger partial charge in [0.2, 0.25) is 0 Å². The fourth-order valence-corrected chi connectivity index (χ4v) is 6.62. The van der Waals surface area contributed by atoms with Gasteiger partial charge in [0.15, 0.2) is 12.6 Å². The molecule has 2 rings (SSSR count). The summed E-state index contributed by atoms with van der Waals surface area (Å²) in [7, 11) is 0. The minimum Gasteiger partial charge on any atom is -0.457 e. The van der Waals surface area contributed by atoms with Crippen LogP contribution < -0.4 is 0 Å². The summed E-state index contributed by atoms with van der Waals surface area (Å²) in [6.45, 7) is 3.16. The van der Waals surface area contributed by atoms with E-state index in [2.05, 4.69) is 117 Å². The van der Waals surface area contributed by atoms with Crippen LogP contribution in [0.1, 0.15) is 104 Å². The lowest BCUT2D eigenvalue weighted by molar-refractivity contribution is -0.332. The molecule has 0 aromatic heterocycles. The maximum Gasteiger partial charge on any atom is 0.310 e. The van der Waals surface area contributed by atoms with Crippen LogP contribution in [0.3, 0.4) is 0 Å². The molecule has 378 valence electrons. The van der Waals surface area contributed by atoms with Gasteiger partial charge in [-0.1, -0.05) is 135 Å². The molecule has 2 fully saturated rings. The van der Waals surface area contributed by atoms with Crippen LogP contribution in [0.4, 0.5) is 0 Å². The minimum atomic E-state index is -1.74. The van der Waals surface area contributed by atoms with E-state index in [9.17, 15) is 40.5 Å². The number of esters is 1. The molecule has 0 aromatic carbocycles. The third-order valence-electron chi connectivity index (χ3n) is 10.5. The maximum atomic E-state index is 12.9. The summed E-state index contributed by atoms with van der Waals surface area (Å²) in [5.41, 5.74) is 0. The van der Waals surface area contributed by atoms with Gasteiger partial charge in [-0.3, -0.25) is 4.79 Å². The second-order valence-corrected chi connectivity index (χ2v) is 16.2. The second-order valence-electron chi connectivity index (χ2n) is 16.2. The van der Waals surface area contributed by atoms with Crippen LogP contribution in [0.2, 0.25) is 0 Å². The predicted octanol–water partition coefficient (Wildman–Crippen LogP) is 6.62. The second kappa shape index (κ2) is 39.3. The molecule has 0 saturated carbocycles. The number of carbonyl (C=O) groups is 1. The van der Waals surface area contributed by atoms with Crippen LogP contribution in [-0.4, -0.2) is 142 Å². The lowest BCUT2D eigenvalue weighted by Gasteiger charge is -2.42. The van der Waals surface area contributed by atoms with Gasteiger partial charge in [0.1, 0.15) is 54.9 Å². The first-order valence-electron chi connectivity index (χ1n) is 24.1. The highest BCUT2D eigenvalue weighted by molar-refractivity contribution is 5.71. The molecule has 0 spiro atoms. The molecule has 14 heteroatoms. The van der Waals surface area contributed by atoms with Gasteiger partial charge in [-0.2, -0.15) is 0 Å². The zero-order chi connectivity index (χ0) is 48.7. The quantitative estimate of drug-likeness (QED) is 0.0202. The number of aliphatic hydroxyl groups is 7.